The Bertz CT molecular complexity index is 469. The van der Waals surface area contributed by atoms with Crippen molar-refractivity contribution in [1.29, 1.82) is 0 Å². The lowest BCUT2D eigenvalue weighted by Gasteiger charge is -2.30. The Balaban J connectivity index is 1.93. The van der Waals surface area contributed by atoms with Crippen LogP contribution in [0.3, 0.4) is 0 Å². The highest BCUT2D eigenvalue weighted by Crippen LogP contribution is 2.49. The molecule has 2 aliphatic carbocycles. The van der Waals surface area contributed by atoms with Gasteiger partial charge in [-0.25, -0.2) is 0 Å². The zero-order valence-corrected chi connectivity index (χ0v) is 10.5. The summed E-state index contributed by atoms with van der Waals surface area (Å²) in [6.07, 6.45) is 5.21. The normalized spacial score (nSPS) is 26.8. The van der Waals surface area contributed by atoms with E-state index in [1.165, 1.54) is 0 Å². The molecule has 2 fully saturated rings. The SMILES string of the molecule is O=C1CC(c2ccccc2)C(=O)C12CCCCC2. The topological polar surface area (TPSA) is 34.1 Å². The first-order valence-electron chi connectivity index (χ1n) is 6.87. The van der Waals surface area contributed by atoms with Gasteiger partial charge in [-0.05, 0) is 18.4 Å². The second-order valence-electron chi connectivity index (χ2n) is 5.60. The van der Waals surface area contributed by atoms with E-state index in [4.69, 9.17) is 0 Å². The second-order valence-corrected chi connectivity index (χ2v) is 5.60. The van der Waals surface area contributed by atoms with Gasteiger partial charge in [-0.1, -0.05) is 49.6 Å². The summed E-state index contributed by atoms with van der Waals surface area (Å²) in [6.45, 7) is 0. The smallest absolute Gasteiger partial charge is 0.154 e. The van der Waals surface area contributed by atoms with Crippen molar-refractivity contribution in [2.24, 2.45) is 5.41 Å². The lowest BCUT2D eigenvalue weighted by Crippen LogP contribution is -2.35. The molecular formula is C16H18O2. The van der Waals surface area contributed by atoms with E-state index < -0.39 is 5.41 Å². The molecule has 3 rings (SSSR count). The maximum atomic E-state index is 12.7. The van der Waals surface area contributed by atoms with Crippen molar-refractivity contribution >= 4 is 11.6 Å². The van der Waals surface area contributed by atoms with Gasteiger partial charge in [-0.3, -0.25) is 9.59 Å². The number of rotatable bonds is 1. The molecule has 0 bridgehead atoms. The third kappa shape index (κ3) is 1.63. The molecule has 0 N–H and O–H groups in total. The van der Waals surface area contributed by atoms with Crippen LogP contribution in [0.15, 0.2) is 30.3 Å². The molecule has 94 valence electrons. The minimum absolute atomic E-state index is 0.184. The van der Waals surface area contributed by atoms with Gasteiger partial charge in [0.25, 0.3) is 0 Å². The molecule has 1 aromatic rings. The average Bonchev–Trinajstić information content (AvgIpc) is 2.66. The van der Waals surface area contributed by atoms with Gasteiger partial charge in [0.15, 0.2) is 5.78 Å². The largest absolute Gasteiger partial charge is 0.299 e. The lowest BCUT2D eigenvalue weighted by atomic mass is 9.71. The monoisotopic (exact) mass is 242 g/mol. The standard InChI is InChI=1S/C16H18O2/c17-14-11-13(12-7-3-1-4-8-12)15(18)16(14)9-5-2-6-10-16/h1,3-4,7-8,13H,2,5-6,9-11H2. The maximum absolute atomic E-state index is 12.7. The van der Waals surface area contributed by atoms with Crippen LogP contribution in [-0.2, 0) is 9.59 Å². The van der Waals surface area contributed by atoms with Crippen molar-refractivity contribution in [2.75, 3.05) is 0 Å². The maximum Gasteiger partial charge on any atom is 0.154 e. The van der Waals surface area contributed by atoms with Crippen LogP contribution >= 0.6 is 0 Å². The second kappa shape index (κ2) is 4.34. The molecule has 0 radical (unpaired) electrons. The van der Waals surface area contributed by atoms with Crippen molar-refractivity contribution in [3.05, 3.63) is 35.9 Å². The van der Waals surface area contributed by atoms with E-state index in [-0.39, 0.29) is 17.5 Å². The molecule has 1 spiro atoms. The van der Waals surface area contributed by atoms with E-state index in [0.717, 1.165) is 37.7 Å². The summed E-state index contributed by atoms with van der Waals surface area (Å²) in [5.41, 5.74) is 0.400. The van der Waals surface area contributed by atoms with E-state index in [0.29, 0.717) is 6.42 Å². The Kier molecular flexibility index (Phi) is 2.81. The number of benzene rings is 1. The van der Waals surface area contributed by atoms with Gasteiger partial charge in [0.1, 0.15) is 5.78 Å². The molecule has 1 aromatic carbocycles. The Morgan fingerprint density at radius 3 is 2.28 bits per heavy atom. The number of hydrogen-bond donors (Lipinski definition) is 0. The Labute approximate surface area is 107 Å². The lowest BCUT2D eigenvalue weighted by molar-refractivity contribution is -0.137. The summed E-state index contributed by atoms with van der Waals surface area (Å²) in [4.78, 5) is 25.0. The fraction of sp³-hybridized carbons (Fsp3) is 0.500. The predicted molar refractivity (Wildman–Crippen MR) is 69.3 cm³/mol. The quantitative estimate of drug-likeness (QED) is 0.708. The third-order valence-corrected chi connectivity index (χ3v) is 4.62. The summed E-state index contributed by atoms with van der Waals surface area (Å²) in [7, 11) is 0. The van der Waals surface area contributed by atoms with Gasteiger partial charge >= 0.3 is 0 Å². The van der Waals surface area contributed by atoms with Crippen LogP contribution in [0.25, 0.3) is 0 Å². The Morgan fingerprint density at radius 1 is 0.944 bits per heavy atom. The van der Waals surface area contributed by atoms with Crippen LogP contribution in [0.2, 0.25) is 0 Å². The van der Waals surface area contributed by atoms with Gasteiger partial charge in [0.2, 0.25) is 0 Å². The fourth-order valence-electron chi connectivity index (χ4n) is 3.58. The minimum Gasteiger partial charge on any atom is -0.299 e. The molecule has 0 heterocycles. The van der Waals surface area contributed by atoms with Crippen LogP contribution in [0.1, 0.15) is 50.0 Å². The molecule has 2 heteroatoms. The van der Waals surface area contributed by atoms with Crippen LogP contribution < -0.4 is 0 Å². The molecule has 0 aromatic heterocycles. The van der Waals surface area contributed by atoms with Gasteiger partial charge in [0.05, 0.1) is 11.3 Å². The average molecular weight is 242 g/mol. The molecule has 0 amide bonds. The molecule has 2 aliphatic rings. The summed E-state index contributed by atoms with van der Waals surface area (Å²) in [6, 6.07) is 9.77. The number of hydrogen-bond acceptors (Lipinski definition) is 2. The highest BCUT2D eigenvalue weighted by Gasteiger charge is 2.54. The molecule has 2 nitrogen and oxygen atoms in total. The zero-order chi connectivity index (χ0) is 12.6. The van der Waals surface area contributed by atoms with Crippen LogP contribution in [0, 0.1) is 5.41 Å². The Hall–Kier alpha value is -1.44. The van der Waals surface area contributed by atoms with E-state index in [2.05, 4.69) is 0 Å². The minimum atomic E-state index is -0.612. The molecule has 0 saturated heterocycles. The van der Waals surface area contributed by atoms with Crippen molar-refractivity contribution < 1.29 is 9.59 Å². The first-order chi connectivity index (χ1) is 8.74. The molecule has 0 aliphatic heterocycles. The summed E-state index contributed by atoms with van der Waals surface area (Å²) in [5, 5.41) is 0. The molecule has 2 saturated carbocycles. The fourth-order valence-corrected chi connectivity index (χ4v) is 3.58. The summed E-state index contributed by atoms with van der Waals surface area (Å²) < 4.78 is 0. The highest BCUT2D eigenvalue weighted by molar-refractivity contribution is 6.16. The van der Waals surface area contributed by atoms with E-state index in [9.17, 15) is 9.59 Å². The third-order valence-electron chi connectivity index (χ3n) is 4.62. The van der Waals surface area contributed by atoms with Crippen molar-refractivity contribution in [1.82, 2.24) is 0 Å². The number of carbonyl (C=O) groups excluding carboxylic acids is 2. The van der Waals surface area contributed by atoms with E-state index in [1.807, 2.05) is 30.3 Å². The van der Waals surface area contributed by atoms with Crippen molar-refractivity contribution in [3.8, 4) is 0 Å². The van der Waals surface area contributed by atoms with Crippen LogP contribution in [-0.4, -0.2) is 11.6 Å². The van der Waals surface area contributed by atoms with Crippen LogP contribution in [0.4, 0.5) is 0 Å². The number of carbonyl (C=O) groups is 2. The van der Waals surface area contributed by atoms with Crippen LogP contribution in [0.5, 0.6) is 0 Å². The summed E-state index contributed by atoms with van der Waals surface area (Å²) in [5.74, 6) is 0.205. The first kappa shape index (κ1) is 11.6. The van der Waals surface area contributed by atoms with Crippen molar-refractivity contribution in [2.45, 2.75) is 44.4 Å². The molecular weight excluding hydrogens is 224 g/mol. The molecule has 1 unspecified atom stereocenters. The highest BCUT2D eigenvalue weighted by atomic mass is 16.2. The van der Waals surface area contributed by atoms with Gasteiger partial charge in [0, 0.05) is 6.42 Å². The van der Waals surface area contributed by atoms with E-state index >= 15 is 0 Å². The van der Waals surface area contributed by atoms with Crippen molar-refractivity contribution in [3.63, 3.8) is 0 Å². The summed E-state index contributed by atoms with van der Waals surface area (Å²) >= 11 is 0. The number of ketones is 2. The predicted octanol–water partition coefficient (Wildman–Crippen LogP) is 3.26. The Morgan fingerprint density at radius 2 is 1.61 bits per heavy atom. The van der Waals surface area contributed by atoms with Gasteiger partial charge in [-0.15, -0.1) is 0 Å². The van der Waals surface area contributed by atoms with E-state index in [1.54, 1.807) is 0 Å². The van der Waals surface area contributed by atoms with Gasteiger partial charge in [-0.2, -0.15) is 0 Å². The first-order valence-corrected chi connectivity index (χ1v) is 6.87. The number of Topliss-reactive ketones (excluding diaryl/α,β-unsaturated/α-hetero) is 2. The zero-order valence-electron chi connectivity index (χ0n) is 10.5. The molecule has 1 atom stereocenters. The molecule has 18 heavy (non-hydrogen) atoms. The van der Waals surface area contributed by atoms with Gasteiger partial charge < -0.3 is 0 Å².